The molecule has 1 nitrogen and oxygen atoms in total. The van der Waals surface area contributed by atoms with Gasteiger partial charge in [0.05, 0.1) is 6.61 Å². The zero-order valence-corrected chi connectivity index (χ0v) is 14.6. The highest BCUT2D eigenvalue weighted by atomic mass is 79.9. The van der Waals surface area contributed by atoms with Gasteiger partial charge in [0, 0.05) is 4.47 Å². The lowest BCUT2D eigenvalue weighted by Crippen LogP contribution is -2.40. The summed E-state index contributed by atoms with van der Waals surface area (Å²) >= 11 is 3.52. The average Bonchev–Trinajstić information content (AvgIpc) is 2.24. The molecule has 0 aromatic heterocycles. The van der Waals surface area contributed by atoms with Crippen molar-refractivity contribution < 1.29 is 4.43 Å². The molecular weight excluding hydrogens is 304 g/mol. The van der Waals surface area contributed by atoms with E-state index >= 15 is 0 Å². The van der Waals surface area contributed by atoms with Gasteiger partial charge in [0.1, 0.15) is 0 Å². The molecule has 100 valence electrons. The highest BCUT2D eigenvalue weighted by molar-refractivity contribution is 9.10. The van der Waals surface area contributed by atoms with Crippen LogP contribution in [0.15, 0.2) is 29.3 Å². The number of hydrogen-bond donors (Lipinski definition) is 0. The smallest absolute Gasteiger partial charge is 0.192 e. The topological polar surface area (TPSA) is 9.23 Å². The van der Waals surface area contributed by atoms with Gasteiger partial charge < -0.3 is 4.43 Å². The standard InChI is InChI=1S/C15H23BrOSi/c1-7-12-8-13(10-14(16)9-12)11-17-18(5,6)15(2,3)4/h7-10H,1,11H2,2-6H3. The van der Waals surface area contributed by atoms with Gasteiger partial charge in [-0.2, -0.15) is 0 Å². The van der Waals surface area contributed by atoms with Crippen LogP contribution in [-0.2, 0) is 11.0 Å². The second kappa shape index (κ2) is 5.72. The molecule has 0 aliphatic carbocycles. The van der Waals surface area contributed by atoms with Crippen LogP contribution in [0.1, 0.15) is 31.9 Å². The third kappa shape index (κ3) is 4.07. The second-order valence-electron chi connectivity index (χ2n) is 6.15. The van der Waals surface area contributed by atoms with E-state index in [1.54, 1.807) is 0 Å². The van der Waals surface area contributed by atoms with Crippen molar-refractivity contribution in [3.8, 4) is 0 Å². The first-order chi connectivity index (χ1) is 8.15. The highest BCUT2D eigenvalue weighted by Crippen LogP contribution is 2.37. The van der Waals surface area contributed by atoms with E-state index in [-0.39, 0.29) is 5.04 Å². The zero-order chi connectivity index (χ0) is 14.0. The fourth-order valence-electron chi connectivity index (χ4n) is 1.36. The molecule has 0 aliphatic heterocycles. The summed E-state index contributed by atoms with van der Waals surface area (Å²) in [5.74, 6) is 0. The molecule has 1 aromatic rings. The van der Waals surface area contributed by atoms with Crippen LogP contribution in [0.2, 0.25) is 18.1 Å². The van der Waals surface area contributed by atoms with E-state index in [4.69, 9.17) is 4.43 Å². The van der Waals surface area contributed by atoms with Gasteiger partial charge in [-0.1, -0.05) is 49.4 Å². The van der Waals surface area contributed by atoms with Gasteiger partial charge in [0.2, 0.25) is 0 Å². The maximum absolute atomic E-state index is 6.22. The third-order valence-electron chi connectivity index (χ3n) is 3.62. The van der Waals surface area contributed by atoms with E-state index < -0.39 is 8.32 Å². The summed E-state index contributed by atoms with van der Waals surface area (Å²) in [4.78, 5) is 0. The molecule has 0 atom stereocenters. The minimum atomic E-state index is -1.67. The first-order valence-electron chi connectivity index (χ1n) is 6.21. The lowest BCUT2D eigenvalue weighted by Gasteiger charge is -2.36. The minimum Gasteiger partial charge on any atom is -0.413 e. The van der Waals surface area contributed by atoms with Crippen LogP contribution in [0.3, 0.4) is 0 Å². The van der Waals surface area contributed by atoms with Crippen molar-refractivity contribution >= 4 is 30.3 Å². The molecule has 3 heteroatoms. The van der Waals surface area contributed by atoms with Crippen LogP contribution in [0.25, 0.3) is 6.08 Å². The van der Waals surface area contributed by atoms with Crippen LogP contribution in [0.5, 0.6) is 0 Å². The van der Waals surface area contributed by atoms with Gasteiger partial charge in [0.25, 0.3) is 0 Å². The molecule has 1 aromatic carbocycles. The fourth-order valence-corrected chi connectivity index (χ4v) is 2.88. The molecule has 0 aliphatic rings. The Balaban J connectivity index is 2.81. The summed E-state index contributed by atoms with van der Waals surface area (Å²) in [5.41, 5.74) is 2.32. The minimum absolute atomic E-state index is 0.250. The fraction of sp³-hybridized carbons (Fsp3) is 0.467. The molecule has 0 amide bonds. The van der Waals surface area contributed by atoms with Crippen LogP contribution >= 0.6 is 15.9 Å². The summed E-state index contributed by atoms with van der Waals surface area (Å²) in [5, 5.41) is 0.250. The lowest BCUT2D eigenvalue weighted by atomic mass is 10.1. The quantitative estimate of drug-likeness (QED) is 0.653. The molecule has 0 saturated heterocycles. The molecule has 0 heterocycles. The van der Waals surface area contributed by atoms with Crippen molar-refractivity contribution in [2.24, 2.45) is 0 Å². The Kier molecular flexibility index (Phi) is 4.98. The predicted octanol–water partition coefficient (Wildman–Crippen LogP) is 5.61. The van der Waals surface area contributed by atoms with Crippen molar-refractivity contribution in [3.63, 3.8) is 0 Å². The molecule has 0 unspecified atom stereocenters. The lowest BCUT2D eigenvalue weighted by molar-refractivity contribution is 0.276. The maximum atomic E-state index is 6.22. The van der Waals surface area contributed by atoms with Crippen molar-refractivity contribution in [3.05, 3.63) is 40.4 Å². The Morgan fingerprint density at radius 2 is 1.89 bits per heavy atom. The van der Waals surface area contributed by atoms with E-state index in [0.717, 1.165) is 10.0 Å². The van der Waals surface area contributed by atoms with E-state index in [1.807, 2.05) is 6.08 Å². The van der Waals surface area contributed by atoms with E-state index in [1.165, 1.54) is 5.56 Å². The number of halogens is 1. The molecule has 0 spiro atoms. The van der Waals surface area contributed by atoms with E-state index in [2.05, 4.69) is 74.6 Å². The van der Waals surface area contributed by atoms with Crippen LogP contribution in [-0.4, -0.2) is 8.32 Å². The van der Waals surface area contributed by atoms with Crippen molar-refractivity contribution in [1.29, 1.82) is 0 Å². The van der Waals surface area contributed by atoms with E-state index in [9.17, 15) is 0 Å². The molecular formula is C15H23BrOSi. The SMILES string of the molecule is C=Cc1cc(Br)cc(CO[Si](C)(C)C(C)(C)C)c1. The Labute approximate surface area is 121 Å². The third-order valence-corrected chi connectivity index (χ3v) is 8.56. The molecule has 0 bridgehead atoms. The monoisotopic (exact) mass is 326 g/mol. The first kappa shape index (κ1) is 15.7. The van der Waals surface area contributed by atoms with Crippen LogP contribution in [0.4, 0.5) is 0 Å². The molecule has 0 fully saturated rings. The summed E-state index contributed by atoms with van der Waals surface area (Å²) in [6, 6.07) is 6.30. The van der Waals surface area contributed by atoms with Crippen molar-refractivity contribution in [1.82, 2.24) is 0 Å². The molecule has 18 heavy (non-hydrogen) atoms. The van der Waals surface area contributed by atoms with Crippen LogP contribution in [0, 0.1) is 0 Å². The largest absolute Gasteiger partial charge is 0.413 e. The second-order valence-corrected chi connectivity index (χ2v) is 11.9. The summed E-state index contributed by atoms with van der Waals surface area (Å²) in [7, 11) is -1.67. The van der Waals surface area contributed by atoms with Crippen LogP contribution < -0.4 is 0 Å². The molecule has 0 radical (unpaired) electrons. The van der Waals surface area contributed by atoms with E-state index in [0.29, 0.717) is 6.61 Å². The van der Waals surface area contributed by atoms with Crippen molar-refractivity contribution in [2.45, 2.75) is 45.5 Å². The summed E-state index contributed by atoms with van der Waals surface area (Å²) in [6.45, 7) is 15.8. The zero-order valence-electron chi connectivity index (χ0n) is 12.0. The predicted molar refractivity (Wildman–Crippen MR) is 86.2 cm³/mol. The molecule has 0 N–H and O–H groups in total. The van der Waals surface area contributed by atoms with Crippen molar-refractivity contribution in [2.75, 3.05) is 0 Å². The summed E-state index contributed by atoms with van der Waals surface area (Å²) < 4.78 is 7.30. The Hall–Kier alpha value is -0.383. The maximum Gasteiger partial charge on any atom is 0.192 e. The first-order valence-corrected chi connectivity index (χ1v) is 9.92. The van der Waals surface area contributed by atoms with Gasteiger partial charge in [-0.05, 0) is 47.5 Å². The van der Waals surface area contributed by atoms with Gasteiger partial charge in [0.15, 0.2) is 8.32 Å². The molecule has 1 rings (SSSR count). The number of benzene rings is 1. The number of rotatable bonds is 4. The average molecular weight is 327 g/mol. The Morgan fingerprint density at radius 3 is 2.39 bits per heavy atom. The molecule has 0 saturated carbocycles. The van der Waals surface area contributed by atoms with Gasteiger partial charge in [-0.25, -0.2) is 0 Å². The number of hydrogen-bond acceptors (Lipinski definition) is 1. The Morgan fingerprint density at radius 1 is 1.28 bits per heavy atom. The van der Waals surface area contributed by atoms with Gasteiger partial charge in [-0.15, -0.1) is 0 Å². The van der Waals surface area contributed by atoms with Gasteiger partial charge in [-0.3, -0.25) is 0 Å². The normalized spacial score (nSPS) is 12.6. The summed E-state index contributed by atoms with van der Waals surface area (Å²) in [6.07, 6.45) is 1.86. The Bertz CT molecular complexity index is 433. The van der Waals surface area contributed by atoms with Gasteiger partial charge >= 0.3 is 0 Å². The highest BCUT2D eigenvalue weighted by Gasteiger charge is 2.36.